The molecule has 0 aliphatic heterocycles. The number of hydrogen-bond donors (Lipinski definition) is 1. The molecule has 0 spiro atoms. The van der Waals surface area contributed by atoms with Gasteiger partial charge >= 0.3 is 5.97 Å². The molecule has 0 heterocycles. The number of benzene rings is 1. The van der Waals surface area contributed by atoms with E-state index in [-0.39, 0.29) is 5.92 Å². The minimum atomic E-state index is -1.41. The third kappa shape index (κ3) is 3.07. The maximum absolute atomic E-state index is 11.9. The number of carbonyl (C=O) groups excluding carboxylic acids is 1. The van der Waals surface area contributed by atoms with Crippen LogP contribution >= 0.6 is 0 Å². The van der Waals surface area contributed by atoms with Crippen LogP contribution in [0.25, 0.3) is 0 Å². The smallest absolute Gasteiger partial charge is 0.343 e. The van der Waals surface area contributed by atoms with E-state index >= 15 is 0 Å². The molecule has 0 bridgehead atoms. The summed E-state index contributed by atoms with van der Waals surface area (Å²) in [4.78, 5) is 11.9. The highest BCUT2D eigenvalue weighted by molar-refractivity contribution is 5.81. The molecule has 0 unspecified atom stereocenters. The van der Waals surface area contributed by atoms with Gasteiger partial charge in [0.2, 0.25) is 0 Å². The largest absolute Gasteiger partial charge is 0.424 e. The van der Waals surface area contributed by atoms with Gasteiger partial charge in [0.15, 0.2) is 5.60 Å². The summed E-state index contributed by atoms with van der Waals surface area (Å²) in [6.45, 7) is 7.31. The van der Waals surface area contributed by atoms with E-state index in [2.05, 4.69) is 0 Å². The van der Waals surface area contributed by atoms with E-state index in [1.807, 2.05) is 19.1 Å². The van der Waals surface area contributed by atoms with E-state index in [4.69, 9.17) is 4.74 Å². The Morgan fingerprint density at radius 2 is 2.12 bits per heavy atom. The van der Waals surface area contributed by atoms with Crippen LogP contribution in [0.5, 0.6) is 5.75 Å². The van der Waals surface area contributed by atoms with Crippen molar-refractivity contribution in [2.75, 3.05) is 0 Å². The van der Waals surface area contributed by atoms with E-state index in [9.17, 15) is 9.90 Å². The zero-order chi connectivity index (χ0) is 13.1. The molecule has 94 valence electrons. The first-order chi connectivity index (χ1) is 7.90. The average Bonchev–Trinajstić information content (AvgIpc) is 2.27. The van der Waals surface area contributed by atoms with Crippen LogP contribution in [0.3, 0.4) is 0 Å². The molecule has 1 atom stereocenters. The van der Waals surface area contributed by atoms with Crippen LogP contribution < -0.4 is 4.74 Å². The SMILES string of the molecule is CC[C@@](O)(C(=O)Oc1cccc(C)c1)C(C)C. The second-order valence-corrected chi connectivity index (χ2v) is 4.64. The van der Waals surface area contributed by atoms with Gasteiger partial charge in [-0.25, -0.2) is 4.79 Å². The standard InChI is InChI=1S/C14H20O3/c1-5-14(16,10(2)3)13(15)17-12-8-6-7-11(4)9-12/h6-10,16H,5H2,1-4H3/t14-/m0/s1. The van der Waals surface area contributed by atoms with Crippen LogP contribution in [0.1, 0.15) is 32.8 Å². The molecule has 0 saturated carbocycles. The van der Waals surface area contributed by atoms with Gasteiger partial charge in [-0.2, -0.15) is 0 Å². The fourth-order valence-corrected chi connectivity index (χ4v) is 1.66. The minimum absolute atomic E-state index is 0.176. The van der Waals surface area contributed by atoms with Crippen molar-refractivity contribution in [2.24, 2.45) is 5.92 Å². The molecule has 0 radical (unpaired) electrons. The number of aryl methyl sites for hydroxylation is 1. The maximum Gasteiger partial charge on any atom is 0.343 e. The highest BCUT2D eigenvalue weighted by Crippen LogP contribution is 2.24. The van der Waals surface area contributed by atoms with Gasteiger partial charge < -0.3 is 9.84 Å². The number of rotatable bonds is 4. The Morgan fingerprint density at radius 1 is 1.47 bits per heavy atom. The predicted molar refractivity (Wildman–Crippen MR) is 66.9 cm³/mol. The Bertz CT molecular complexity index is 398. The van der Waals surface area contributed by atoms with E-state index in [0.29, 0.717) is 12.2 Å². The summed E-state index contributed by atoms with van der Waals surface area (Å²) in [5.74, 6) is -0.284. The van der Waals surface area contributed by atoms with Gasteiger partial charge in [0.1, 0.15) is 5.75 Å². The second kappa shape index (κ2) is 5.32. The van der Waals surface area contributed by atoms with Gasteiger partial charge in [-0.05, 0) is 37.0 Å². The lowest BCUT2D eigenvalue weighted by molar-refractivity contribution is -0.160. The van der Waals surface area contributed by atoms with E-state index in [1.54, 1.807) is 32.9 Å². The van der Waals surface area contributed by atoms with Crippen molar-refractivity contribution in [2.45, 2.75) is 39.7 Å². The number of aliphatic hydroxyl groups is 1. The van der Waals surface area contributed by atoms with Crippen LogP contribution in [0.15, 0.2) is 24.3 Å². The molecular weight excluding hydrogens is 216 g/mol. The van der Waals surface area contributed by atoms with Crippen LogP contribution in [0.2, 0.25) is 0 Å². The third-order valence-corrected chi connectivity index (χ3v) is 3.05. The zero-order valence-electron chi connectivity index (χ0n) is 10.9. The van der Waals surface area contributed by atoms with E-state index in [0.717, 1.165) is 5.56 Å². The second-order valence-electron chi connectivity index (χ2n) is 4.64. The molecule has 3 nitrogen and oxygen atoms in total. The van der Waals surface area contributed by atoms with Gasteiger partial charge in [0.25, 0.3) is 0 Å². The summed E-state index contributed by atoms with van der Waals surface area (Å²) in [5.41, 5.74) is -0.399. The minimum Gasteiger partial charge on any atom is -0.424 e. The van der Waals surface area contributed by atoms with Gasteiger partial charge in [0.05, 0.1) is 0 Å². The molecule has 1 aromatic carbocycles. The first-order valence-corrected chi connectivity index (χ1v) is 5.91. The fourth-order valence-electron chi connectivity index (χ4n) is 1.66. The number of esters is 1. The Balaban J connectivity index is 2.85. The summed E-state index contributed by atoms with van der Waals surface area (Å²) in [5, 5.41) is 10.2. The van der Waals surface area contributed by atoms with Crippen molar-refractivity contribution in [1.82, 2.24) is 0 Å². The van der Waals surface area contributed by atoms with Crippen molar-refractivity contribution in [3.05, 3.63) is 29.8 Å². The van der Waals surface area contributed by atoms with Crippen molar-refractivity contribution >= 4 is 5.97 Å². The first-order valence-electron chi connectivity index (χ1n) is 5.91. The molecule has 0 aromatic heterocycles. The molecule has 0 saturated heterocycles. The van der Waals surface area contributed by atoms with Crippen molar-refractivity contribution in [1.29, 1.82) is 0 Å². The highest BCUT2D eigenvalue weighted by atomic mass is 16.6. The Hall–Kier alpha value is -1.35. The topological polar surface area (TPSA) is 46.5 Å². The zero-order valence-corrected chi connectivity index (χ0v) is 10.9. The molecule has 1 aromatic rings. The Morgan fingerprint density at radius 3 is 2.59 bits per heavy atom. The lowest BCUT2D eigenvalue weighted by Crippen LogP contribution is -2.45. The molecule has 0 fully saturated rings. The number of ether oxygens (including phenoxy) is 1. The predicted octanol–water partition coefficient (Wildman–Crippen LogP) is 2.70. The molecule has 17 heavy (non-hydrogen) atoms. The Kier molecular flexibility index (Phi) is 4.29. The highest BCUT2D eigenvalue weighted by Gasteiger charge is 2.39. The molecule has 1 N–H and O–H groups in total. The van der Waals surface area contributed by atoms with E-state index in [1.165, 1.54) is 0 Å². The fraction of sp³-hybridized carbons (Fsp3) is 0.500. The maximum atomic E-state index is 11.9. The quantitative estimate of drug-likeness (QED) is 0.646. The third-order valence-electron chi connectivity index (χ3n) is 3.05. The van der Waals surface area contributed by atoms with Crippen molar-refractivity contribution < 1.29 is 14.6 Å². The Labute approximate surface area is 102 Å². The molecule has 1 rings (SSSR count). The lowest BCUT2D eigenvalue weighted by Gasteiger charge is -2.28. The monoisotopic (exact) mass is 236 g/mol. The summed E-state index contributed by atoms with van der Waals surface area (Å²) in [6, 6.07) is 7.22. The van der Waals surface area contributed by atoms with Gasteiger partial charge in [-0.15, -0.1) is 0 Å². The molecule has 0 amide bonds. The number of carbonyl (C=O) groups is 1. The van der Waals surface area contributed by atoms with Gasteiger partial charge in [-0.3, -0.25) is 0 Å². The van der Waals surface area contributed by atoms with E-state index < -0.39 is 11.6 Å². The first kappa shape index (κ1) is 13.7. The van der Waals surface area contributed by atoms with Gasteiger partial charge in [-0.1, -0.05) is 32.9 Å². The van der Waals surface area contributed by atoms with Crippen LogP contribution in [-0.2, 0) is 4.79 Å². The van der Waals surface area contributed by atoms with Crippen LogP contribution in [0, 0.1) is 12.8 Å². The van der Waals surface area contributed by atoms with Gasteiger partial charge in [0, 0.05) is 0 Å². The lowest BCUT2D eigenvalue weighted by atomic mass is 9.88. The summed E-state index contributed by atoms with van der Waals surface area (Å²) >= 11 is 0. The molecule has 0 aliphatic carbocycles. The molecule has 3 heteroatoms. The van der Waals surface area contributed by atoms with Crippen molar-refractivity contribution in [3.8, 4) is 5.75 Å². The summed E-state index contributed by atoms with van der Waals surface area (Å²) in [7, 11) is 0. The normalized spacial score (nSPS) is 14.5. The summed E-state index contributed by atoms with van der Waals surface area (Å²) < 4.78 is 5.22. The number of hydrogen-bond acceptors (Lipinski definition) is 3. The van der Waals surface area contributed by atoms with Crippen molar-refractivity contribution in [3.63, 3.8) is 0 Å². The molecular formula is C14H20O3. The van der Waals surface area contributed by atoms with Crippen LogP contribution in [0.4, 0.5) is 0 Å². The van der Waals surface area contributed by atoms with Crippen LogP contribution in [-0.4, -0.2) is 16.7 Å². The summed E-state index contributed by atoms with van der Waals surface area (Å²) in [6.07, 6.45) is 0.343. The average molecular weight is 236 g/mol. The molecule has 0 aliphatic rings.